The minimum atomic E-state index is -0.0950. The molecule has 0 bridgehead atoms. The Kier molecular flexibility index (Phi) is 3.72. The van der Waals surface area contributed by atoms with Crippen LogP contribution in [0, 0.1) is 0 Å². The van der Waals surface area contributed by atoms with Crippen LogP contribution in [0.2, 0.25) is 5.02 Å². The molecule has 0 aliphatic heterocycles. The maximum absolute atomic E-state index is 11.0. The first-order valence-electron chi connectivity index (χ1n) is 4.15. The van der Waals surface area contributed by atoms with E-state index in [0.717, 1.165) is 5.56 Å². The molecule has 0 spiro atoms. The van der Waals surface area contributed by atoms with Crippen LogP contribution in [0.5, 0.6) is 0 Å². The standard InChI is InChI=1S/C11H11ClO2/c1-8(13)11(14-2)7-9-3-5-10(12)6-4-9/h3-7H,1-2H3/b11-7-. The number of carbonyl (C=O) groups excluding carboxylic acids is 1. The molecule has 0 heterocycles. The van der Waals surface area contributed by atoms with Gasteiger partial charge in [-0.1, -0.05) is 23.7 Å². The van der Waals surface area contributed by atoms with E-state index in [1.807, 2.05) is 12.1 Å². The van der Waals surface area contributed by atoms with E-state index >= 15 is 0 Å². The van der Waals surface area contributed by atoms with Gasteiger partial charge in [0.1, 0.15) is 0 Å². The van der Waals surface area contributed by atoms with E-state index in [0.29, 0.717) is 10.8 Å². The second kappa shape index (κ2) is 4.82. The van der Waals surface area contributed by atoms with Crippen molar-refractivity contribution in [1.82, 2.24) is 0 Å². The van der Waals surface area contributed by atoms with Gasteiger partial charge in [-0.2, -0.15) is 0 Å². The molecule has 2 nitrogen and oxygen atoms in total. The molecule has 0 aromatic heterocycles. The Hall–Kier alpha value is -1.28. The van der Waals surface area contributed by atoms with Crippen LogP contribution in [-0.2, 0) is 9.53 Å². The number of ketones is 1. The highest BCUT2D eigenvalue weighted by atomic mass is 35.5. The Morgan fingerprint density at radius 1 is 1.36 bits per heavy atom. The molecular formula is C11H11ClO2. The van der Waals surface area contributed by atoms with Gasteiger partial charge in [-0.05, 0) is 23.8 Å². The SMILES string of the molecule is CO/C(=C\c1ccc(Cl)cc1)C(C)=O. The third-order valence-corrected chi connectivity index (χ3v) is 1.99. The maximum Gasteiger partial charge on any atom is 0.194 e. The maximum atomic E-state index is 11.0. The van der Waals surface area contributed by atoms with Gasteiger partial charge in [0.25, 0.3) is 0 Å². The number of carbonyl (C=O) groups is 1. The Labute approximate surface area is 88.1 Å². The average molecular weight is 211 g/mol. The van der Waals surface area contributed by atoms with Crippen molar-refractivity contribution in [3.63, 3.8) is 0 Å². The first-order valence-corrected chi connectivity index (χ1v) is 4.53. The van der Waals surface area contributed by atoms with Gasteiger partial charge in [-0.25, -0.2) is 0 Å². The summed E-state index contributed by atoms with van der Waals surface area (Å²) in [5.74, 6) is 0.245. The van der Waals surface area contributed by atoms with Crippen LogP contribution in [0.4, 0.5) is 0 Å². The fourth-order valence-corrected chi connectivity index (χ4v) is 1.14. The highest BCUT2D eigenvalue weighted by Crippen LogP contribution is 2.13. The lowest BCUT2D eigenvalue weighted by molar-refractivity contribution is -0.116. The van der Waals surface area contributed by atoms with Crippen LogP contribution in [0.3, 0.4) is 0 Å². The highest BCUT2D eigenvalue weighted by Gasteiger charge is 2.02. The molecule has 0 fully saturated rings. The molecule has 0 saturated heterocycles. The molecule has 1 aromatic rings. The minimum Gasteiger partial charge on any atom is -0.493 e. The van der Waals surface area contributed by atoms with Crippen molar-refractivity contribution < 1.29 is 9.53 Å². The number of halogens is 1. The Morgan fingerprint density at radius 2 is 1.93 bits per heavy atom. The van der Waals surface area contributed by atoms with Gasteiger partial charge >= 0.3 is 0 Å². The Balaban J connectivity index is 2.95. The Bertz CT molecular complexity index is 352. The van der Waals surface area contributed by atoms with Crippen LogP contribution < -0.4 is 0 Å². The second-order valence-electron chi connectivity index (χ2n) is 2.82. The molecule has 0 aliphatic rings. The van der Waals surface area contributed by atoms with Gasteiger partial charge in [0, 0.05) is 11.9 Å². The zero-order valence-corrected chi connectivity index (χ0v) is 8.84. The fraction of sp³-hybridized carbons (Fsp3) is 0.182. The predicted molar refractivity (Wildman–Crippen MR) is 57.1 cm³/mol. The molecule has 0 radical (unpaired) electrons. The van der Waals surface area contributed by atoms with Crippen molar-refractivity contribution in [2.24, 2.45) is 0 Å². The van der Waals surface area contributed by atoms with Crippen LogP contribution in [0.15, 0.2) is 30.0 Å². The van der Waals surface area contributed by atoms with Crippen LogP contribution in [0.1, 0.15) is 12.5 Å². The number of ether oxygens (including phenoxy) is 1. The molecule has 1 rings (SSSR count). The lowest BCUT2D eigenvalue weighted by Crippen LogP contribution is -1.98. The van der Waals surface area contributed by atoms with Crippen molar-refractivity contribution in [2.75, 3.05) is 7.11 Å². The minimum absolute atomic E-state index is 0.0950. The van der Waals surface area contributed by atoms with Gasteiger partial charge in [0.05, 0.1) is 7.11 Å². The molecule has 0 saturated carbocycles. The number of rotatable bonds is 3. The highest BCUT2D eigenvalue weighted by molar-refractivity contribution is 6.30. The molecule has 0 unspecified atom stereocenters. The van der Waals surface area contributed by atoms with E-state index in [1.54, 1.807) is 18.2 Å². The summed E-state index contributed by atoms with van der Waals surface area (Å²) in [4.78, 5) is 11.0. The van der Waals surface area contributed by atoms with Crippen molar-refractivity contribution in [1.29, 1.82) is 0 Å². The van der Waals surface area contributed by atoms with E-state index in [2.05, 4.69) is 0 Å². The summed E-state index contributed by atoms with van der Waals surface area (Å²) in [5.41, 5.74) is 0.890. The lowest BCUT2D eigenvalue weighted by Gasteiger charge is -2.01. The monoisotopic (exact) mass is 210 g/mol. The van der Waals surface area contributed by atoms with Gasteiger partial charge in [0.2, 0.25) is 0 Å². The topological polar surface area (TPSA) is 26.3 Å². The molecule has 74 valence electrons. The number of allylic oxidation sites excluding steroid dienone is 1. The molecule has 0 atom stereocenters. The predicted octanol–water partition coefficient (Wildman–Crippen LogP) is 2.92. The lowest BCUT2D eigenvalue weighted by atomic mass is 10.2. The quantitative estimate of drug-likeness (QED) is 0.567. The molecule has 14 heavy (non-hydrogen) atoms. The molecular weight excluding hydrogens is 200 g/mol. The van der Waals surface area contributed by atoms with E-state index in [-0.39, 0.29) is 5.78 Å². The summed E-state index contributed by atoms with van der Waals surface area (Å²) < 4.78 is 4.92. The first-order chi connectivity index (χ1) is 6.63. The summed E-state index contributed by atoms with van der Waals surface area (Å²) in [6.45, 7) is 1.46. The van der Waals surface area contributed by atoms with Crippen molar-refractivity contribution in [3.05, 3.63) is 40.6 Å². The number of methoxy groups -OCH3 is 1. The molecule has 1 aromatic carbocycles. The van der Waals surface area contributed by atoms with Gasteiger partial charge in [-0.15, -0.1) is 0 Å². The van der Waals surface area contributed by atoms with Gasteiger partial charge < -0.3 is 4.74 Å². The summed E-state index contributed by atoms with van der Waals surface area (Å²) >= 11 is 5.73. The summed E-state index contributed by atoms with van der Waals surface area (Å²) in [6, 6.07) is 7.18. The van der Waals surface area contributed by atoms with Crippen LogP contribution in [0.25, 0.3) is 6.08 Å². The zero-order valence-electron chi connectivity index (χ0n) is 8.08. The fourth-order valence-electron chi connectivity index (χ4n) is 1.01. The first kappa shape index (κ1) is 10.8. The van der Waals surface area contributed by atoms with Crippen molar-refractivity contribution in [3.8, 4) is 0 Å². The largest absolute Gasteiger partial charge is 0.493 e. The van der Waals surface area contributed by atoms with Crippen LogP contribution in [-0.4, -0.2) is 12.9 Å². The number of Topliss-reactive ketones (excluding diaryl/α,β-unsaturated/α-hetero) is 1. The Morgan fingerprint density at radius 3 is 2.36 bits per heavy atom. The van der Waals surface area contributed by atoms with Gasteiger partial charge in [0.15, 0.2) is 11.5 Å². The average Bonchev–Trinajstić information content (AvgIpc) is 2.16. The molecule has 0 N–H and O–H groups in total. The number of hydrogen-bond donors (Lipinski definition) is 0. The van der Waals surface area contributed by atoms with Crippen LogP contribution >= 0.6 is 11.6 Å². The molecule has 3 heteroatoms. The number of benzene rings is 1. The molecule has 0 amide bonds. The van der Waals surface area contributed by atoms with E-state index in [9.17, 15) is 4.79 Å². The van der Waals surface area contributed by atoms with E-state index < -0.39 is 0 Å². The van der Waals surface area contributed by atoms with E-state index in [4.69, 9.17) is 16.3 Å². The third kappa shape index (κ3) is 2.89. The summed E-state index contributed by atoms with van der Waals surface area (Å²) in [6.07, 6.45) is 1.68. The number of hydrogen-bond acceptors (Lipinski definition) is 2. The summed E-state index contributed by atoms with van der Waals surface area (Å²) in [5, 5.41) is 0.670. The summed E-state index contributed by atoms with van der Waals surface area (Å²) in [7, 11) is 1.48. The van der Waals surface area contributed by atoms with Crippen molar-refractivity contribution in [2.45, 2.75) is 6.92 Å². The van der Waals surface area contributed by atoms with Crippen molar-refractivity contribution >= 4 is 23.5 Å². The van der Waals surface area contributed by atoms with E-state index in [1.165, 1.54) is 14.0 Å². The smallest absolute Gasteiger partial charge is 0.194 e. The second-order valence-corrected chi connectivity index (χ2v) is 3.26. The molecule has 0 aliphatic carbocycles. The normalized spacial score (nSPS) is 11.2. The third-order valence-electron chi connectivity index (χ3n) is 1.73. The zero-order chi connectivity index (χ0) is 10.6. The van der Waals surface area contributed by atoms with Gasteiger partial charge in [-0.3, -0.25) is 4.79 Å².